The zero-order chi connectivity index (χ0) is 12.4. The van der Waals surface area contributed by atoms with Gasteiger partial charge in [-0.05, 0) is 17.8 Å². The zero-order valence-corrected chi connectivity index (χ0v) is 10.4. The van der Waals surface area contributed by atoms with Gasteiger partial charge in [0.1, 0.15) is 12.0 Å². The van der Waals surface area contributed by atoms with Crippen molar-refractivity contribution in [1.82, 2.24) is 14.7 Å². The first kappa shape index (κ1) is 11.0. The topological polar surface area (TPSA) is 46.8 Å². The summed E-state index contributed by atoms with van der Waals surface area (Å²) in [4.78, 5) is 3.07. The van der Waals surface area contributed by atoms with Gasteiger partial charge in [0.05, 0.1) is 12.2 Å². The third-order valence-electron chi connectivity index (χ3n) is 2.75. The van der Waals surface area contributed by atoms with E-state index in [2.05, 4.69) is 22.3 Å². The molecular formula is C13H11N3OS. The molecule has 1 aromatic carbocycles. The first-order chi connectivity index (χ1) is 8.84. The highest BCUT2D eigenvalue weighted by Gasteiger charge is 2.08. The maximum atomic E-state index is 5.29. The minimum atomic E-state index is 0.600. The lowest BCUT2D eigenvalue weighted by molar-refractivity contribution is 0.409. The molecule has 5 heteroatoms. The Bertz CT molecular complexity index is 683. The lowest BCUT2D eigenvalue weighted by atomic mass is 10.2. The molecule has 0 bridgehead atoms. The molecule has 2 aromatic heterocycles. The summed E-state index contributed by atoms with van der Waals surface area (Å²) in [7, 11) is 0. The summed E-state index contributed by atoms with van der Waals surface area (Å²) in [6.45, 7) is 0.600. The van der Waals surface area contributed by atoms with Crippen LogP contribution in [0.25, 0.3) is 11.3 Å². The molecule has 0 unspecified atom stereocenters. The minimum Gasteiger partial charge on any atom is -0.364 e. The van der Waals surface area contributed by atoms with Crippen molar-refractivity contribution in [3.05, 3.63) is 59.3 Å². The minimum absolute atomic E-state index is 0.600. The lowest BCUT2D eigenvalue weighted by Crippen LogP contribution is -2.02. The normalized spacial score (nSPS) is 10.7. The number of hydrogen-bond acceptors (Lipinski definition) is 3. The van der Waals surface area contributed by atoms with Crippen molar-refractivity contribution in [2.75, 3.05) is 0 Å². The molecule has 0 aliphatic rings. The largest absolute Gasteiger partial charge is 0.364 e. The fourth-order valence-electron chi connectivity index (χ4n) is 1.88. The number of aromatic nitrogens is 3. The van der Waals surface area contributed by atoms with Crippen LogP contribution in [0.1, 0.15) is 5.69 Å². The Morgan fingerprint density at radius 3 is 2.78 bits per heavy atom. The van der Waals surface area contributed by atoms with Gasteiger partial charge >= 0.3 is 0 Å². The Hall–Kier alpha value is -2.14. The standard InChI is InChI=1S/C13H11N3OS/c18-13-14-8-12(10-4-2-1-3-5-10)16(13)9-11-6-7-17-15-11/h1-8H,9H2,(H,14,18). The van der Waals surface area contributed by atoms with Gasteiger partial charge in [-0.25, -0.2) is 0 Å². The maximum absolute atomic E-state index is 5.29. The van der Waals surface area contributed by atoms with Crippen LogP contribution in [0.5, 0.6) is 0 Å². The van der Waals surface area contributed by atoms with E-state index in [1.54, 1.807) is 6.26 Å². The van der Waals surface area contributed by atoms with Gasteiger partial charge in [-0.1, -0.05) is 35.5 Å². The molecule has 0 saturated heterocycles. The summed E-state index contributed by atoms with van der Waals surface area (Å²) in [6.07, 6.45) is 3.48. The summed E-state index contributed by atoms with van der Waals surface area (Å²) in [5.41, 5.74) is 3.01. The van der Waals surface area contributed by atoms with Gasteiger partial charge in [0.15, 0.2) is 4.77 Å². The molecule has 1 N–H and O–H groups in total. The highest BCUT2D eigenvalue weighted by molar-refractivity contribution is 7.71. The van der Waals surface area contributed by atoms with E-state index in [0.29, 0.717) is 11.3 Å². The van der Waals surface area contributed by atoms with Crippen LogP contribution in [0.3, 0.4) is 0 Å². The van der Waals surface area contributed by atoms with Crippen molar-refractivity contribution in [2.45, 2.75) is 6.54 Å². The molecule has 90 valence electrons. The highest BCUT2D eigenvalue weighted by Crippen LogP contribution is 2.20. The molecule has 3 aromatic rings. The Morgan fingerprint density at radius 1 is 1.22 bits per heavy atom. The number of rotatable bonds is 3. The molecule has 0 radical (unpaired) electrons. The number of aromatic amines is 1. The van der Waals surface area contributed by atoms with E-state index in [1.807, 2.05) is 35.0 Å². The number of H-pyrrole nitrogens is 1. The Balaban J connectivity index is 2.04. The van der Waals surface area contributed by atoms with Crippen LogP contribution in [0, 0.1) is 4.77 Å². The molecule has 0 amide bonds. The second-order valence-corrected chi connectivity index (χ2v) is 4.31. The fraction of sp³-hybridized carbons (Fsp3) is 0.0769. The number of nitrogens with zero attached hydrogens (tertiary/aromatic N) is 2. The second-order valence-electron chi connectivity index (χ2n) is 3.92. The van der Waals surface area contributed by atoms with Crippen molar-refractivity contribution < 1.29 is 4.52 Å². The number of nitrogens with one attached hydrogen (secondary N) is 1. The average molecular weight is 257 g/mol. The maximum Gasteiger partial charge on any atom is 0.177 e. The summed E-state index contributed by atoms with van der Waals surface area (Å²) in [6, 6.07) is 11.9. The SMILES string of the molecule is S=c1[nH]cc(-c2ccccc2)n1Cc1ccon1. The van der Waals surface area contributed by atoms with E-state index < -0.39 is 0 Å². The van der Waals surface area contributed by atoms with Crippen LogP contribution < -0.4 is 0 Å². The van der Waals surface area contributed by atoms with Gasteiger partial charge in [0.25, 0.3) is 0 Å². The molecule has 0 aliphatic heterocycles. The smallest absolute Gasteiger partial charge is 0.177 e. The van der Waals surface area contributed by atoms with E-state index in [4.69, 9.17) is 16.7 Å². The average Bonchev–Trinajstić information content (AvgIpc) is 3.03. The van der Waals surface area contributed by atoms with Crippen LogP contribution in [0.15, 0.2) is 53.4 Å². The number of benzene rings is 1. The summed E-state index contributed by atoms with van der Waals surface area (Å²) < 4.78 is 7.52. The molecule has 2 heterocycles. The summed E-state index contributed by atoms with van der Waals surface area (Å²) >= 11 is 5.29. The Kier molecular flexibility index (Phi) is 2.82. The first-order valence-electron chi connectivity index (χ1n) is 5.57. The van der Waals surface area contributed by atoms with Crippen molar-refractivity contribution in [1.29, 1.82) is 0 Å². The van der Waals surface area contributed by atoms with E-state index >= 15 is 0 Å². The van der Waals surface area contributed by atoms with Crippen LogP contribution in [0.4, 0.5) is 0 Å². The number of imidazole rings is 1. The first-order valence-corrected chi connectivity index (χ1v) is 5.98. The highest BCUT2D eigenvalue weighted by atomic mass is 32.1. The predicted octanol–water partition coefficient (Wildman–Crippen LogP) is 3.25. The van der Waals surface area contributed by atoms with Crippen LogP contribution >= 0.6 is 12.2 Å². The van der Waals surface area contributed by atoms with Gasteiger partial charge in [-0.2, -0.15) is 0 Å². The van der Waals surface area contributed by atoms with Crippen LogP contribution in [0.2, 0.25) is 0 Å². The Morgan fingerprint density at radius 2 is 2.06 bits per heavy atom. The molecule has 0 saturated carbocycles. The van der Waals surface area contributed by atoms with E-state index in [0.717, 1.165) is 17.0 Å². The van der Waals surface area contributed by atoms with Gasteiger partial charge < -0.3 is 14.1 Å². The van der Waals surface area contributed by atoms with Crippen LogP contribution in [-0.2, 0) is 6.54 Å². The number of hydrogen-bond donors (Lipinski definition) is 1. The van der Waals surface area contributed by atoms with E-state index in [-0.39, 0.29) is 0 Å². The summed E-state index contributed by atoms with van der Waals surface area (Å²) in [5.74, 6) is 0. The molecule has 4 nitrogen and oxygen atoms in total. The molecule has 18 heavy (non-hydrogen) atoms. The molecule has 0 atom stereocenters. The third-order valence-corrected chi connectivity index (χ3v) is 3.09. The van der Waals surface area contributed by atoms with E-state index in [1.165, 1.54) is 0 Å². The monoisotopic (exact) mass is 257 g/mol. The van der Waals surface area contributed by atoms with E-state index in [9.17, 15) is 0 Å². The molecular weight excluding hydrogens is 246 g/mol. The predicted molar refractivity (Wildman–Crippen MR) is 70.7 cm³/mol. The Labute approximate surface area is 109 Å². The quantitative estimate of drug-likeness (QED) is 0.733. The van der Waals surface area contributed by atoms with Crippen LogP contribution in [-0.4, -0.2) is 14.7 Å². The second kappa shape index (κ2) is 4.62. The van der Waals surface area contributed by atoms with Gasteiger partial charge in [-0.15, -0.1) is 0 Å². The molecule has 0 spiro atoms. The van der Waals surface area contributed by atoms with Gasteiger partial charge in [-0.3, -0.25) is 0 Å². The van der Waals surface area contributed by atoms with Crippen molar-refractivity contribution >= 4 is 12.2 Å². The van der Waals surface area contributed by atoms with Gasteiger partial charge in [0, 0.05) is 12.3 Å². The van der Waals surface area contributed by atoms with Gasteiger partial charge in [0.2, 0.25) is 0 Å². The van der Waals surface area contributed by atoms with Crippen molar-refractivity contribution in [3.63, 3.8) is 0 Å². The fourth-order valence-corrected chi connectivity index (χ4v) is 2.10. The molecule has 0 fully saturated rings. The molecule has 0 aliphatic carbocycles. The zero-order valence-electron chi connectivity index (χ0n) is 9.54. The van der Waals surface area contributed by atoms with Crippen molar-refractivity contribution in [3.8, 4) is 11.3 Å². The summed E-state index contributed by atoms with van der Waals surface area (Å²) in [5, 5.41) is 3.91. The molecule has 3 rings (SSSR count). The lowest BCUT2D eigenvalue weighted by Gasteiger charge is -2.06. The third kappa shape index (κ3) is 2.00. The van der Waals surface area contributed by atoms with Crippen molar-refractivity contribution in [2.24, 2.45) is 0 Å².